The molecule has 0 saturated carbocycles. The molecule has 1 rings (SSSR count). The molecular formula is C10H10ClNO2. The van der Waals surface area contributed by atoms with Crippen LogP contribution in [0.4, 0.5) is 5.69 Å². The molecule has 14 heavy (non-hydrogen) atoms. The van der Waals surface area contributed by atoms with Crippen LogP contribution in [0, 0.1) is 10.1 Å². The first-order valence-electron chi connectivity index (χ1n) is 4.19. The Bertz CT molecular complexity index is 350. The van der Waals surface area contributed by atoms with Crippen molar-refractivity contribution in [3.63, 3.8) is 0 Å². The van der Waals surface area contributed by atoms with Crippen LogP contribution in [0.15, 0.2) is 36.4 Å². The van der Waals surface area contributed by atoms with Crippen molar-refractivity contribution in [1.29, 1.82) is 0 Å². The van der Waals surface area contributed by atoms with E-state index in [-0.39, 0.29) is 10.6 Å². The molecule has 0 fully saturated rings. The van der Waals surface area contributed by atoms with Crippen LogP contribution in [-0.2, 0) is 6.42 Å². The topological polar surface area (TPSA) is 43.1 Å². The van der Waals surface area contributed by atoms with Gasteiger partial charge in [0.15, 0.2) is 0 Å². The lowest BCUT2D eigenvalue weighted by atomic mass is 10.1. The van der Waals surface area contributed by atoms with Crippen molar-refractivity contribution >= 4 is 17.3 Å². The SMILES string of the molecule is O=[N+]([O-])c1ccccc1C/C=C/CCl. The van der Waals surface area contributed by atoms with Crippen molar-refractivity contribution in [2.45, 2.75) is 6.42 Å². The number of halogens is 1. The van der Waals surface area contributed by atoms with E-state index in [2.05, 4.69) is 0 Å². The Balaban J connectivity index is 2.84. The Kier molecular flexibility index (Phi) is 4.13. The zero-order valence-electron chi connectivity index (χ0n) is 7.52. The van der Waals surface area contributed by atoms with E-state index >= 15 is 0 Å². The van der Waals surface area contributed by atoms with E-state index in [4.69, 9.17) is 11.6 Å². The van der Waals surface area contributed by atoms with Gasteiger partial charge < -0.3 is 0 Å². The third-order valence-electron chi connectivity index (χ3n) is 1.78. The highest BCUT2D eigenvalue weighted by atomic mass is 35.5. The zero-order valence-corrected chi connectivity index (χ0v) is 8.28. The van der Waals surface area contributed by atoms with Crippen molar-refractivity contribution in [1.82, 2.24) is 0 Å². The summed E-state index contributed by atoms with van der Waals surface area (Å²) in [6.07, 6.45) is 4.15. The molecule has 0 spiro atoms. The Morgan fingerprint density at radius 1 is 1.36 bits per heavy atom. The van der Waals surface area contributed by atoms with Gasteiger partial charge in [-0.25, -0.2) is 0 Å². The summed E-state index contributed by atoms with van der Waals surface area (Å²) in [5.41, 5.74) is 0.866. The maximum Gasteiger partial charge on any atom is 0.272 e. The quantitative estimate of drug-likeness (QED) is 0.333. The molecule has 0 atom stereocenters. The highest BCUT2D eigenvalue weighted by Gasteiger charge is 2.09. The first kappa shape index (κ1) is 10.7. The average Bonchev–Trinajstić information content (AvgIpc) is 2.19. The molecule has 1 aromatic carbocycles. The van der Waals surface area contributed by atoms with Gasteiger partial charge in [0, 0.05) is 17.5 Å². The number of hydrogen-bond acceptors (Lipinski definition) is 2. The monoisotopic (exact) mass is 211 g/mol. The van der Waals surface area contributed by atoms with Crippen molar-refractivity contribution in [2.75, 3.05) is 5.88 Å². The number of alkyl halides is 1. The van der Waals surface area contributed by atoms with E-state index in [0.717, 1.165) is 0 Å². The molecule has 0 amide bonds. The van der Waals surface area contributed by atoms with Crippen LogP contribution in [0.25, 0.3) is 0 Å². The molecule has 0 saturated heterocycles. The highest BCUT2D eigenvalue weighted by Crippen LogP contribution is 2.18. The predicted octanol–water partition coefficient (Wildman–Crippen LogP) is 2.93. The summed E-state index contributed by atoms with van der Waals surface area (Å²) in [6, 6.07) is 6.70. The minimum absolute atomic E-state index is 0.159. The molecule has 1 aromatic rings. The van der Waals surface area contributed by atoms with Crippen LogP contribution in [-0.4, -0.2) is 10.8 Å². The summed E-state index contributed by atoms with van der Waals surface area (Å²) >= 11 is 5.45. The number of nitrogens with zero attached hydrogens (tertiary/aromatic N) is 1. The van der Waals surface area contributed by atoms with Crippen LogP contribution in [0.3, 0.4) is 0 Å². The van der Waals surface area contributed by atoms with Crippen LogP contribution in [0.5, 0.6) is 0 Å². The van der Waals surface area contributed by atoms with Gasteiger partial charge in [-0.2, -0.15) is 0 Å². The van der Waals surface area contributed by atoms with E-state index in [0.29, 0.717) is 17.9 Å². The number of hydrogen-bond donors (Lipinski definition) is 0. The van der Waals surface area contributed by atoms with Gasteiger partial charge in [-0.1, -0.05) is 30.4 Å². The first-order valence-corrected chi connectivity index (χ1v) is 4.72. The molecule has 0 aliphatic rings. The number of nitro groups is 1. The first-order chi connectivity index (χ1) is 6.75. The lowest BCUT2D eigenvalue weighted by molar-refractivity contribution is -0.385. The second kappa shape index (κ2) is 5.40. The lowest BCUT2D eigenvalue weighted by Gasteiger charge is -1.97. The summed E-state index contributed by atoms with van der Waals surface area (Å²) in [6.45, 7) is 0. The van der Waals surface area contributed by atoms with Gasteiger partial charge in [-0.3, -0.25) is 10.1 Å². The molecule has 0 aliphatic heterocycles. The summed E-state index contributed by atoms with van der Waals surface area (Å²) in [7, 11) is 0. The van der Waals surface area contributed by atoms with Crippen LogP contribution >= 0.6 is 11.6 Å². The normalized spacial score (nSPS) is 10.6. The third-order valence-corrected chi connectivity index (χ3v) is 1.96. The molecule has 0 aliphatic carbocycles. The molecule has 74 valence electrons. The van der Waals surface area contributed by atoms with Gasteiger partial charge in [-0.05, 0) is 6.42 Å². The van der Waals surface area contributed by atoms with Gasteiger partial charge >= 0.3 is 0 Å². The van der Waals surface area contributed by atoms with Gasteiger partial charge in [0.2, 0.25) is 0 Å². The zero-order chi connectivity index (χ0) is 10.4. The molecule has 0 bridgehead atoms. The number of rotatable bonds is 4. The van der Waals surface area contributed by atoms with Crippen LogP contribution in [0.1, 0.15) is 5.56 Å². The Morgan fingerprint density at radius 2 is 2.07 bits per heavy atom. The minimum atomic E-state index is -0.371. The van der Waals surface area contributed by atoms with E-state index in [9.17, 15) is 10.1 Å². The van der Waals surface area contributed by atoms with Gasteiger partial charge in [0.25, 0.3) is 5.69 Å². The van der Waals surface area contributed by atoms with Crippen molar-refractivity contribution in [3.05, 3.63) is 52.1 Å². The second-order valence-electron chi connectivity index (χ2n) is 2.72. The third kappa shape index (κ3) is 2.85. The molecule has 0 aromatic heterocycles. The number of allylic oxidation sites excluding steroid dienone is 2. The highest BCUT2D eigenvalue weighted by molar-refractivity contribution is 6.18. The largest absolute Gasteiger partial charge is 0.272 e. The summed E-state index contributed by atoms with van der Waals surface area (Å²) < 4.78 is 0. The van der Waals surface area contributed by atoms with Crippen LogP contribution in [0.2, 0.25) is 0 Å². The van der Waals surface area contributed by atoms with Crippen LogP contribution < -0.4 is 0 Å². The van der Waals surface area contributed by atoms with Crippen molar-refractivity contribution < 1.29 is 4.92 Å². The molecular weight excluding hydrogens is 202 g/mol. The Morgan fingerprint density at radius 3 is 2.71 bits per heavy atom. The summed E-state index contributed by atoms with van der Waals surface area (Å²) in [5, 5.41) is 10.6. The fourth-order valence-electron chi connectivity index (χ4n) is 1.13. The van der Waals surface area contributed by atoms with Gasteiger partial charge in [-0.15, -0.1) is 11.6 Å². The Hall–Kier alpha value is -1.35. The van der Waals surface area contributed by atoms with Gasteiger partial charge in [0.05, 0.1) is 4.92 Å². The fraction of sp³-hybridized carbons (Fsp3) is 0.200. The maximum absolute atomic E-state index is 10.6. The van der Waals surface area contributed by atoms with E-state index in [1.54, 1.807) is 24.3 Å². The van der Waals surface area contributed by atoms with E-state index < -0.39 is 0 Å². The van der Waals surface area contributed by atoms with Gasteiger partial charge in [0.1, 0.15) is 0 Å². The standard InChI is InChI=1S/C10H10ClNO2/c11-8-4-3-6-9-5-1-2-7-10(9)12(13)14/h1-5,7H,6,8H2/b4-3+. The second-order valence-corrected chi connectivity index (χ2v) is 3.02. The smallest absolute Gasteiger partial charge is 0.258 e. The Labute approximate surface area is 87.2 Å². The van der Waals surface area contributed by atoms with Crippen molar-refractivity contribution in [2.24, 2.45) is 0 Å². The molecule has 0 unspecified atom stereocenters. The fourth-order valence-corrected chi connectivity index (χ4v) is 1.26. The van der Waals surface area contributed by atoms with E-state index in [1.165, 1.54) is 6.07 Å². The molecule has 3 nitrogen and oxygen atoms in total. The summed E-state index contributed by atoms with van der Waals surface area (Å²) in [4.78, 5) is 10.2. The lowest BCUT2D eigenvalue weighted by Crippen LogP contribution is -1.93. The maximum atomic E-state index is 10.6. The average molecular weight is 212 g/mol. The number of para-hydroxylation sites is 1. The molecule has 0 heterocycles. The minimum Gasteiger partial charge on any atom is -0.258 e. The summed E-state index contributed by atoms with van der Waals surface area (Å²) in [5.74, 6) is 0.431. The van der Waals surface area contributed by atoms with E-state index in [1.807, 2.05) is 6.08 Å². The molecule has 0 radical (unpaired) electrons. The number of benzene rings is 1. The predicted molar refractivity (Wildman–Crippen MR) is 56.7 cm³/mol. The number of nitro benzene ring substituents is 1. The molecule has 0 N–H and O–H groups in total. The van der Waals surface area contributed by atoms with Crippen molar-refractivity contribution in [3.8, 4) is 0 Å². The molecule has 4 heteroatoms.